The van der Waals surface area contributed by atoms with Crippen molar-refractivity contribution in [3.05, 3.63) is 95.5 Å². The van der Waals surface area contributed by atoms with Gasteiger partial charge in [-0.05, 0) is 50.7 Å². The number of aliphatic hydroxyl groups is 2. The lowest BCUT2D eigenvalue weighted by atomic mass is 9.75. The van der Waals surface area contributed by atoms with Crippen LogP contribution in [0.15, 0.2) is 84.3 Å². The summed E-state index contributed by atoms with van der Waals surface area (Å²) in [5, 5.41) is 21.3. The van der Waals surface area contributed by atoms with Gasteiger partial charge >= 0.3 is 5.91 Å². The van der Waals surface area contributed by atoms with Gasteiger partial charge in [0.15, 0.2) is 0 Å². The molecule has 2 aromatic carbocycles. The molecular formula is C31H41N2O5+. The molecule has 0 saturated heterocycles. The van der Waals surface area contributed by atoms with Crippen LogP contribution in [0.5, 0.6) is 0 Å². The molecule has 0 aliphatic rings. The van der Waals surface area contributed by atoms with Crippen LogP contribution in [0.2, 0.25) is 0 Å². The van der Waals surface area contributed by atoms with Crippen LogP contribution in [0.1, 0.15) is 76.3 Å². The van der Waals surface area contributed by atoms with Crippen LogP contribution in [-0.2, 0) is 25.2 Å². The number of carbonyl (C=O) groups excluding carboxylic acids is 3. The van der Waals surface area contributed by atoms with Crippen molar-refractivity contribution in [2.75, 3.05) is 0 Å². The van der Waals surface area contributed by atoms with E-state index in [9.17, 15) is 24.6 Å². The lowest BCUT2D eigenvalue weighted by Gasteiger charge is -2.30. The third-order valence-corrected chi connectivity index (χ3v) is 7.29. The molecular weight excluding hydrogens is 480 g/mol. The Bertz CT molecular complexity index is 1050. The second kappa shape index (κ2) is 14.3. The van der Waals surface area contributed by atoms with E-state index >= 15 is 0 Å². The topological polar surface area (TPSA) is 145 Å². The molecule has 0 aliphatic heterocycles. The fourth-order valence-corrected chi connectivity index (χ4v) is 4.78. The molecule has 38 heavy (non-hydrogen) atoms. The zero-order valence-corrected chi connectivity index (χ0v) is 22.5. The highest BCUT2D eigenvalue weighted by Gasteiger charge is 2.32. The summed E-state index contributed by atoms with van der Waals surface area (Å²) in [6.45, 7) is 3.76. The van der Waals surface area contributed by atoms with Gasteiger partial charge in [-0.15, -0.1) is 0 Å². The molecule has 7 heteroatoms. The lowest BCUT2D eigenvalue weighted by molar-refractivity contribution is -0.297. The molecule has 204 valence electrons. The number of rotatable bonds is 16. The number of quaternary nitrogens is 1. The monoisotopic (exact) mass is 521 g/mol. The number of unbranched alkanes of at least 4 members (excludes halogenated alkanes) is 2. The van der Waals surface area contributed by atoms with Crippen LogP contribution in [0, 0.1) is 0 Å². The Morgan fingerprint density at radius 1 is 0.737 bits per heavy atom. The molecule has 0 aromatic heterocycles. The average molecular weight is 522 g/mol. The van der Waals surface area contributed by atoms with Crippen LogP contribution in [0.3, 0.4) is 0 Å². The standard InChI is InChI=1S/C31H40N2O5/c1-30(26(35)21-28(32)37,23-13-5-3-6-14-23)19-11-9-17-25(34)18-10-12-20-31(2,27(36)22-29(33)38)24-15-7-4-8-16-24/h3-8,13-16,21-22,35-36H,9-12,17-20H2,1-2H3,(H2,32,37)(H2,33,38)/p+1/b26-21-,27-22-. The summed E-state index contributed by atoms with van der Waals surface area (Å²) in [5.74, 6) is -1.10. The summed E-state index contributed by atoms with van der Waals surface area (Å²) < 4.78 is 0. The van der Waals surface area contributed by atoms with Crippen molar-refractivity contribution in [1.82, 2.24) is 0 Å². The maximum Gasteiger partial charge on any atom is 0.337 e. The summed E-state index contributed by atoms with van der Waals surface area (Å²) in [7, 11) is 0. The SMILES string of the molecule is CC(CCCCC(=O)CCCCC(C)(/C(O)=C/C([NH3+])=O)c1ccccc1)(/C(O)=C/C(N)=O)c1ccccc1. The van der Waals surface area contributed by atoms with E-state index in [-0.39, 0.29) is 17.3 Å². The second-order valence-corrected chi connectivity index (χ2v) is 10.3. The van der Waals surface area contributed by atoms with Crippen LogP contribution >= 0.6 is 0 Å². The van der Waals surface area contributed by atoms with Crippen molar-refractivity contribution < 1.29 is 30.3 Å². The zero-order chi connectivity index (χ0) is 28.2. The molecule has 2 atom stereocenters. The number of allylic oxidation sites excluding steroid dienone is 2. The van der Waals surface area contributed by atoms with E-state index in [1.54, 1.807) is 0 Å². The molecule has 0 aliphatic carbocycles. The van der Waals surface area contributed by atoms with Crippen LogP contribution in [-0.4, -0.2) is 27.8 Å². The first-order valence-electron chi connectivity index (χ1n) is 13.1. The molecule has 0 bridgehead atoms. The quantitative estimate of drug-likeness (QED) is 0.143. The van der Waals surface area contributed by atoms with Crippen LogP contribution in [0.25, 0.3) is 0 Å². The van der Waals surface area contributed by atoms with Gasteiger partial charge in [0.1, 0.15) is 17.3 Å². The molecule has 0 heterocycles. The summed E-state index contributed by atoms with van der Waals surface area (Å²) in [6, 6.07) is 19.0. The van der Waals surface area contributed by atoms with Crippen LogP contribution < -0.4 is 11.5 Å². The summed E-state index contributed by atoms with van der Waals surface area (Å²) in [6.07, 6.45) is 6.98. The van der Waals surface area contributed by atoms with E-state index in [0.717, 1.165) is 23.3 Å². The predicted molar refractivity (Wildman–Crippen MR) is 148 cm³/mol. The average Bonchev–Trinajstić information content (AvgIpc) is 2.89. The van der Waals surface area contributed by atoms with Crippen molar-refractivity contribution >= 4 is 17.6 Å². The highest BCUT2D eigenvalue weighted by Crippen LogP contribution is 2.37. The molecule has 2 unspecified atom stereocenters. The zero-order valence-electron chi connectivity index (χ0n) is 22.5. The number of amides is 2. The number of ketones is 1. The van der Waals surface area contributed by atoms with Gasteiger partial charge in [0.2, 0.25) is 5.91 Å². The van der Waals surface area contributed by atoms with Crippen molar-refractivity contribution in [1.29, 1.82) is 0 Å². The Morgan fingerprint density at radius 3 is 1.50 bits per heavy atom. The predicted octanol–water partition coefficient (Wildman–Crippen LogP) is 4.73. The van der Waals surface area contributed by atoms with Gasteiger partial charge in [0.25, 0.3) is 0 Å². The third kappa shape index (κ3) is 8.70. The number of nitrogens with two attached hydrogens (primary N) is 1. The third-order valence-electron chi connectivity index (χ3n) is 7.29. The minimum atomic E-state index is -0.772. The maximum atomic E-state index is 12.6. The number of primary amides is 1. The Labute approximate surface area is 225 Å². The Kier molecular flexibility index (Phi) is 11.5. The van der Waals surface area contributed by atoms with E-state index in [0.29, 0.717) is 51.4 Å². The number of aliphatic hydroxyl groups excluding tert-OH is 2. The molecule has 0 saturated carbocycles. The summed E-state index contributed by atoms with van der Waals surface area (Å²) in [5.41, 5.74) is 8.87. The van der Waals surface area contributed by atoms with E-state index in [1.165, 1.54) is 0 Å². The molecule has 2 amide bonds. The molecule has 0 fully saturated rings. The van der Waals surface area contributed by atoms with Gasteiger partial charge in [-0.3, -0.25) is 15.3 Å². The van der Waals surface area contributed by atoms with E-state index in [4.69, 9.17) is 5.73 Å². The lowest BCUT2D eigenvalue weighted by Crippen LogP contribution is -2.56. The normalized spacial score (nSPS) is 15.3. The molecule has 7 N–H and O–H groups in total. The van der Waals surface area contributed by atoms with Gasteiger partial charge < -0.3 is 15.9 Å². The minimum Gasteiger partial charge on any atom is -0.511 e. The highest BCUT2D eigenvalue weighted by atomic mass is 16.3. The number of hydrogen-bond acceptors (Lipinski definition) is 5. The van der Waals surface area contributed by atoms with Crippen molar-refractivity contribution in [3.63, 3.8) is 0 Å². The van der Waals surface area contributed by atoms with E-state index in [2.05, 4.69) is 5.73 Å². The van der Waals surface area contributed by atoms with E-state index < -0.39 is 22.6 Å². The van der Waals surface area contributed by atoms with Gasteiger partial charge in [0, 0.05) is 29.7 Å². The molecule has 7 nitrogen and oxygen atoms in total. The van der Waals surface area contributed by atoms with Gasteiger partial charge in [-0.25, -0.2) is 4.79 Å². The van der Waals surface area contributed by atoms with Crippen molar-refractivity contribution in [2.45, 2.75) is 76.0 Å². The fourth-order valence-electron chi connectivity index (χ4n) is 4.78. The van der Waals surface area contributed by atoms with Crippen molar-refractivity contribution in [2.24, 2.45) is 5.73 Å². The first-order valence-corrected chi connectivity index (χ1v) is 13.1. The number of Topliss-reactive ketones (excluding diaryl/α,β-unsaturated/α-hetero) is 1. The molecule has 0 radical (unpaired) electrons. The van der Waals surface area contributed by atoms with E-state index in [1.807, 2.05) is 74.5 Å². The highest BCUT2D eigenvalue weighted by molar-refractivity contribution is 5.86. The van der Waals surface area contributed by atoms with Gasteiger partial charge in [0.05, 0.1) is 6.08 Å². The van der Waals surface area contributed by atoms with Crippen LogP contribution in [0.4, 0.5) is 0 Å². The van der Waals surface area contributed by atoms with Crippen molar-refractivity contribution in [3.8, 4) is 0 Å². The Morgan fingerprint density at radius 2 is 1.13 bits per heavy atom. The number of benzene rings is 2. The molecule has 0 spiro atoms. The molecule has 2 rings (SSSR count). The number of carbonyl (C=O) groups is 3. The summed E-state index contributed by atoms with van der Waals surface area (Å²) in [4.78, 5) is 35.4. The first-order chi connectivity index (χ1) is 18.0. The maximum absolute atomic E-state index is 12.6. The minimum absolute atomic E-state index is 0.0230. The molecule has 2 aromatic rings. The number of hydrogen-bond donors (Lipinski definition) is 4. The van der Waals surface area contributed by atoms with Gasteiger partial charge in [-0.1, -0.05) is 73.5 Å². The smallest absolute Gasteiger partial charge is 0.337 e. The summed E-state index contributed by atoms with van der Waals surface area (Å²) >= 11 is 0. The Hall–Kier alpha value is -3.71. The second-order valence-electron chi connectivity index (χ2n) is 10.3. The fraction of sp³-hybridized carbons (Fsp3) is 0.387. The first kappa shape index (κ1) is 30.5. The Balaban J connectivity index is 1.89. The largest absolute Gasteiger partial charge is 0.511 e. The van der Waals surface area contributed by atoms with Gasteiger partial charge in [-0.2, -0.15) is 0 Å².